The van der Waals surface area contributed by atoms with Gasteiger partial charge >= 0.3 is 0 Å². The Hall–Kier alpha value is -3.45. The van der Waals surface area contributed by atoms with Gasteiger partial charge < -0.3 is 10.2 Å². The highest BCUT2D eigenvalue weighted by Gasteiger charge is 2.13. The molecule has 0 bridgehead atoms. The van der Waals surface area contributed by atoms with E-state index in [0.29, 0.717) is 33.3 Å². The molecule has 0 aliphatic rings. The van der Waals surface area contributed by atoms with Crippen molar-refractivity contribution < 1.29 is 9.18 Å². The van der Waals surface area contributed by atoms with Gasteiger partial charge in [0.2, 0.25) is 5.95 Å². The number of benzene rings is 2. The van der Waals surface area contributed by atoms with E-state index < -0.39 is 0 Å². The first-order valence-corrected chi connectivity index (χ1v) is 9.19. The van der Waals surface area contributed by atoms with Crippen LogP contribution in [-0.2, 0) is 0 Å². The second kappa shape index (κ2) is 7.52. The van der Waals surface area contributed by atoms with Crippen LogP contribution in [-0.4, -0.2) is 39.5 Å². The lowest BCUT2D eigenvalue weighted by atomic mass is 10.1. The highest BCUT2D eigenvalue weighted by atomic mass is 35.5. The summed E-state index contributed by atoms with van der Waals surface area (Å²) in [5, 5.41) is 7.98. The van der Waals surface area contributed by atoms with E-state index in [-0.39, 0.29) is 11.7 Å². The first kappa shape index (κ1) is 18.9. The van der Waals surface area contributed by atoms with E-state index in [1.165, 1.54) is 17.0 Å². The van der Waals surface area contributed by atoms with Crippen molar-refractivity contribution in [3.8, 4) is 11.1 Å². The van der Waals surface area contributed by atoms with Crippen molar-refractivity contribution in [2.75, 3.05) is 19.4 Å². The van der Waals surface area contributed by atoms with Crippen LogP contribution in [0.2, 0.25) is 5.02 Å². The largest absolute Gasteiger partial charge is 0.345 e. The third-order valence-electron chi connectivity index (χ3n) is 4.33. The molecule has 0 saturated heterocycles. The van der Waals surface area contributed by atoms with E-state index in [1.807, 2.05) is 0 Å². The lowest BCUT2D eigenvalue weighted by molar-refractivity contribution is 0.0827. The van der Waals surface area contributed by atoms with Crippen LogP contribution in [0.3, 0.4) is 0 Å². The van der Waals surface area contributed by atoms with Gasteiger partial charge in [0, 0.05) is 37.1 Å². The number of nitrogens with one attached hydrogen (secondary N) is 1. The number of carbonyl (C=O) groups is 1. The summed E-state index contributed by atoms with van der Waals surface area (Å²) in [7, 11) is 3.41. The van der Waals surface area contributed by atoms with Crippen molar-refractivity contribution in [1.82, 2.24) is 19.5 Å². The molecule has 4 aromatic rings. The van der Waals surface area contributed by atoms with Gasteiger partial charge in [0.05, 0.1) is 5.02 Å². The molecule has 0 unspecified atom stereocenters. The number of carbonyl (C=O) groups excluding carboxylic acids is 1. The van der Waals surface area contributed by atoms with Crippen LogP contribution in [0, 0.1) is 5.82 Å². The average molecular weight is 410 g/mol. The summed E-state index contributed by atoms with van der Waals surface area (Å²) in [6.07, 6.45) is 1.64. The van der Waals surface area contributed by atoms with Crippen LogP contribution < -0.4 is 5.32 Å². The quantitative estimate of drug-likeness (QED) is 0.533. The molecule has 0 radical (unpaired) electrons. The summed E-state index contributed by atoms with van der Waals surface area (Å²) in [6.45, 7) is 0. The minimum Gasteiger partial charge on any atom is -0.345 e. The minimum absolute atomic E-state index is 0.0724. The van der Waals surface area contributed by atoms with E-state index in [0.717, 1.165) is 5.69 Å². The van der Waals surface area contributed by atoms with Crippen molar-refractivity contribution in [2.45, 2.75) is 0 Å². The van der Waals surface area contributed by atoms with Crippen LogP contribution in [0.5, 0.6) is 0 Å². The van der Waals surface area contributed by atoms with Crippen LogP contribution in [0.15, 0.2) is 60.8 Å². The number of hydrogen-bond acceptors (Lipinski definition) is 4. The molecular weight excluding hydrogens is 393 g/mol. The number of nitrogens with zero attached hydrogens (tertiary/aromatic N) is 4. The van der Waals surface area contributed by atoms with Crippen molar-refractivity contribution in [2.24, 2.45) is 0 Å². The molecule has 8 heteroatoms. The van der Waals surface area contributed by atoms with Crippen molar-refractivity contribution >= 4 is 34.8 Å². The van der Waals surface area contributed by atoms with Gasteiger partial charge in [0.15, 0.2) is 5.65 Å². The van der Waals surface area contributed by atoms with Gasteiger partial charge in [0.1, 0.15) is 5.82 Å². The second-order valence-corrected chi connectivity index (χ2v) is 7.12. The van der Waals surface area contributed by atoms with Crippen molar-refractivity contribution in [3.63, 3.8) is 0 Å². The first-order valence-electron chi connectivity index (χ1n) is 8.81. The SMILES string of the molecule is CN(C)C(=O)c1ccc(Nc2nc3c(-c4cccc(F)c4)cc(Cl)cn3n2)cc1. The number of fused-ring (bicyclic) bond motifs is 1. The molecule has 0 atom stereocenters. The maximum absolute atomic E-state index is 13.7. The highest BCUT2D eigenvalue weighted by Crippen LogP contribution is 2.28. The second-order valence-electron chi connectivity index (χ2n) is 6.69. The van der Waals surface area contributed by atoms with Crippen molar-refractivity contribution in [1.29, 1.82) is 0 Å². The van der Waals surface area contributed by atoms with Crippen LogP contribution in [0.4, 0.5) is 16.0 Å². The number of hydrogen-bond donors (Lipinski definition) is 1. The average Bonchev–Trinajstić information content (AvgIpc) is 3.09. The van der Waals surface area contributed by atoms with Gasteiger partial charge in [-0.15, -0.1) is 5.10 Å². The number of rotatable bonds is 4. The maximum Gasteiger partial charge on any atom is 0.253 e. The molecule has 2 heterocycles. The zero-order chi connectivity index (χ0) is 20.5. The van der Waals surface area contributed by atoms with E-state index in [2.05, 4.69) is 15.4 Å². The van der Waals surface area contributed by atoms with Gasteiger partial charge in [-0.1, -0.05) is 23.7 Å². The number of halogens is 2. The van der Waals surface area contributed by atoms with Crippen LogP contribution in [0.1, 0.15) is 10.4 Å². The number of aromatic nitrogens is 3. The lowest BCUT2D eigenvalue weighted by Crippen LogP contribution is -2.21. The molecule has 0 aliphatic carbocycles. The zero-order valence-corrected chi connectivity index (χ0v) is 16.5. The van der Waals surface area contributed by atoms with Gasteiger partial charge in [-0.3, -0.25) is 4.79 Å². The molecule has 0 saturated carbocycles. The summed E-state index contributed by atoms with van der Waals surface area (Å²) in [5.41, 5.74) is 3.19. The number of amides is 1. The molecule has 2 aromatic carbocycles. The molecule has 0 fully saturated rings. The van der Waals surface area contributed by atoms with Gasteiger partial charge in [-0.2, -0.15) is 4.98 Å². The van der Waals surface area contributed by atoms with E-state index >= 15 is 0 Å². The maximum atomic E-state index is 13.7. The summed E-state index contributed by atoms with van der Waals surface area (Å²) in [5.74, 6) is -0.0563. The van der Waals surface area contributed by atoms with E-state index in [4.69, 9.17) is 11.6 Å². The lowest BCUT2D eigenvalue weighted by Gasteiger charge is -2.10. The molecular formula is C21H17ClFN5O. The fourth-order valence-electron chi connectivity index (χ4n) is 2.96. The third kappa shape index (κ3) is 3.90. The summed E-state index contributed by atoms with van der Waals surface area (Å²) >= 11 is 6.22. The van der Waals surface area contributed by atoms with Gasteiger partial charge in [-0.05, 0) is 48.0 Å². The Labute approximate surface area is 171 Å². The fourth-order valence-corrected chi connectivity index (χ4v) is 3.16. The molecule has 29 heavy (non-hydrogen) atoms. The number of pyridine rings is 1. The highest BCUT2D eigenvalue weighted by molar-refractivity contribution is 6.30. The Kier molecular flexibility index (Phi) is 4.90. The predicted molar refractivity (Wildman–Crippen MR) is 111 cm³/mol. The molecule has 0 spiro atoms. The predicted octanol–water partition coefficient (Wildman–Crippen LogP) is 4.63. The van der Waals surface area contributed by atoms with Crippen molar-refractivity contribution in [3.05, 3.63) is 77.2 Å². The van der Waals surface area contributed by atoms with Crippen LogP contribution >= 0.6 is 11.6 Å². The smallest absolute Gasteiger partial charge is 0.253 e. The Bertz CT molecular complexity index is 1200. The molecule has 6 nitrogen and oxygen atoms in total. The van der Waals surface area contributed by atoms with E-state index in [1.54, 1.807) is 67.3 Å². The summed E-state index contributed by atoms with van der Waals surface area (Å²) in [4.78, 5) is 18.0. The Balaban J connectivity index is 1.68. The monoisotopic (exact) mass is 409 g/mol. The molecule has 0 aliphatic heterocycles. The fraction of sp³-hybridized carbons (Fsp3) is 0.0952. The standard InChI is InChI=1S/C21H17ClFN5O/c1-27(2)20(29)13-6-8-17(9-7-13)24-21-25-19-18(11-15(22)12-28(19)26-21)14-4-3-5-16(23)10-14/h3-12H,1-2H3,(H,24,26). The Morgan fingerprint density at radius 3 is 2.59 bits per heavy atom. The summed E-state index contributed by atoms with van der Waals surface area (Å²) in [6, 6.07) is 15.0. The molecule has 2 aromatic heterocycles. The normalized spacial score (nSPS) is 10.9. The minimum atomic E-state index is -0.342. The Morgan fingerprint density at radius 2 is 1.90 bits per heavy atom. The number of anilines is 2. The van der Waals surface area contributed by atoms with Crippen LogP contribution in [0.25, 0.3) is 16.8 Å². The molecule has 4 rings (SSSR count). The molecule has 1 N–H and O–H groups in total. The molecule has 146 valence electrons. The topological polar surface area (TPSA) is 62.5 Å². The zero-order valence-electron chi connectivity index (χ0n) is 15.7. The molecule has 1 amide bonds. The third-order valence-corrected chi connectivity index (χ3v) is 4.54. The Morgan fingerprint density at radius 1 is 1.14 bits per heavy atom. The van der Waals surface area contributed by atoms with E-state index in [9.17, 15) is 9.18 Å². The van der Waals surface area contributed by atoms with Gasteiger partial charge in [0.25, 0.3) is 5.91 Å². The first-order chi connectivity index (χ1) is 13.9. The summed E-state index contributed by atoms with van der Waals surface area (Å²) < 4.78 is 15.2. The van der Waals surface area contributed by atoms with Gasteiger partial charge in [-0.25, -0.2) is 8.91 Å².